The molecule has 2 aliphatic heterocycles. The summed E-state index contributed by atoms with van der Waals surface area (Å²) < 4.78 is 33.8. The van der Waals surface area contributed by atoms with E-state index in [9.17, 15) is 0 Å². The van der Waals surface area contributed by atoms with Crippen molar-refractivity contribution >= 4 is 0 Å². The van der Waals surface area contributed by atoms with Crippen LogP contribution in [0.3, 0.4) is 0 Å². The van der Waals surface area contributed by atoms with Gasteiger partial charge < -0.3 is 28.4 Å². The molecule has 0 bridgehead atoms. The Morgan fingerprint density at radius 2 is 1.64 bits per heavy atom. The number of rotatable bonds is 5. The zero-order valence-electron chi connectivity index (χ0n) is 13.3. The molecule has 0 N–H and O–H groups in total. The number of hydrogen-bond acceptors (Lipinski definition) is 6. The minimum Gasteiger partial charge on any atom is -0.497 e. The molecule has 0 saturated carbocycles. The van der Waals surface area contributed by atoms with Gasteiger partial charge in [-0.3, -0.25) is 0 Å². The summed E-state index contributed by atoms with van der Waals surface area (Å²) >= 11 is 0. The summed E-state index contributed by atoms with van der Waals surface area (Å²) in [5.41, 5.74) is 0. The normalized spacial score (nSPS) is 32.7. The lowest BCUT2D eigenvalue weighted by atomic mass is 10.1. The number of hydrogen-bond donors (Lipinski definition) is 0. The highest BCUT2D eigenvalue weighted by molar-refractivity contribution is 5.31. The molecule has 0 spiro atoms. The lowest BCUT2D eigenvalue weighted by Crippen LogP contribution is -2.33. The second-order valence-corrected chi connectivity index (χ2v) is 5.83. The van der Waals surface area contributed by atoms with Crippen molar-refractivity contribution in [2.45, 2.75) is 44.2 Å². The summed E-state index contributed by atoms with van der Waals surface area (Å²) in [6.45, 7) is 4.14. The first-order valence-electron chi connectivity index (χ1n) is 7.33. The highest BCUT2D eigenvalue weighted by atomic mass is 16.8. The van der Waals surface area contributed by atoms with Gasteiger partial charge in [-0.1, -0.05) is 0 Å². The first kappa shape index (κ1) is 15.6. The maximum atomic E-state index is 5.92. The van der Waals surface area contributed by atoms with Crippen LogP contribution in [0.4, 0.5) is 0 Å². The van der Waals surface area contributed by atoms with E-state index in [-0.39, 0.29) is 18.3 Å². The summed E-state index contributed by atoms with van der Waals surface area (Å²) in [4.78, 5) is 0. The van der Waals surface area contributed by atoms with E-state index in [2.05, 4.69) is 0 Å². The predicted octanol–water partition coefficient (Wildman–Crippen LogP) is 1.97. The van der Waals surface area contributed by atoms with Crippen molar-refractivity contribution in [3.05, 3.63) is 24.3 Å². The summed E-state index contributed by atoms with van der Waals surface area (Å²) in [7, 11) is 3.23. The molecule has 2 saturated heterocycles. The average Bonchev–Trinajstić information content (AvgIpc) is 2.99. The molecule has 0 aliphatic carbocycles. The van der Waals surface area contributed by atoms with Crippen LogP contribution in [0.25, 0.3) is 0 Å². The van der Waals surface area contributed by atoms with Gasteiger partial charge in [-0.2, -0.15) is 0 Å². The Kier molecular flexibility index (Phi) is 4.27. The summed E-state index contributed by atoms with van der Waals surface area (Å²) in [6.07, 6.45) is -1.10. The second-order valence-electron chi connectivity index (χ2n) is 5.83. The molecular weight excluding hydrogens is 288 g/mol. The van der Waals surface area contributed by atoms with Gasteiger partial charge in [0.15, 0.2) is 12.1 Å². The molecule has 6 nitrogen and oxygen atoms in total. The highest BCUT2D eigenvalue weighted by Crippen LogP contribution is 2.39. The quantitative estimate of drug-likeness (QED) is 0.829. The fourth-order valence-corrected chi connectivity index (χ4v) is 2.82. The molecule has 2 fully saturated rings. The standard InChI is InChI=1S/C16H22O6/c1-16(2)21-13-12(20-15(18-4)14(13)22-16)9-19-11-7-5-10(17-3)6-8-11/h5-8,12-15H,9H2,1-4H3/t12-,13-,14-,15?/m1/s1. The van der Waals surface area contributed by atoms with Gasteiger partial charge in [-0.25, -0.2) is 0 Å². The lowest BCUT2D eigenvalue weighted by Gasteiger charge is -2.23. The molecule has 2 aliphatic rings. The van der Waals surface area contributed by atoms with Gasteiger partial charge in [0, 0.05) is 7.11 Å². The van der Waals surface area contributed by atoms with Crippen LogP contribution in [0, 0.1) is 0 Å². The Hall–Kier alpha value is -1.34. The van der Waals surface area contributed by atoms with Crippen molar-refractivity contribution in [2.75, 3.05) is 20.8 Å². The van der Waals surface area contributed by atoms with Crippen molar-refractivity contribution < 1.29 is 28.4 Å². The average molecular weight is 310 g/mol. The first-order chi connectivity index (χ1) is 10.5. The van der Waals surface area contributed by atoms with Crippen molar-refractivity contribution in [3.8, 4) is 11.5 Å². The molecule has 1 aromatic carbocycles. The van der Waals surface area contributed by atoms with E-state index in [0.717, 1.165) is 11.5 Å². The minimum atomic E-state index is -0.631. The van der Waals surface area contributed by atoms with E-state index in [0.29, 0.717) is 6.61 Å². The number of ether oxygens (including phenoxy) is 6. The SMILES string of the molecule is COc1ccc(OC[C@H]2OC(OC)[C@@H]3OC(C)(C)O[C@H]23)cc1. The molecule has 122 valence electrons. The molecule has 3 rings (SSSR count). The largest absolute Gasteiger partial charge is 0.497 e. The third-order valence-electron chi connectivity index (χ3n) is 3.81. The molecule has 6 heteroatoms. The Bertz CT molecular complexity index is 500. The van der Waals surface area contributed by atoms with Crippen LogP contribution >= 0.6 is 0 Å². The topological polar surface area (TPSA) is 55.4 Å². The summed E-state index contributed by atoms with van der Waals surface area (Å²) in [5, 5.41) is 0. The zero-order valence-corrected chi connectivity index (χ0v) is 13.3. The van der Waals surface area contributed by atoms with E-state index < -0.39 is 12.1 Å². The van der Waals surface area contributed by atoms with Gasteiger partial charge in [0.05, 0.1) is 7.11 Å². The molecule has 1 aromatic rings. The third-order valence-corrected chi connectivity index (χ3v) is 3.81. The Morgan fingerprint density at radius 3 is 2.27 bits per heavy atom. The van der Waals surface area contributed by atoms with Crippen LogP contribution in [0.1, 0.15) is 13.8 Å². The van der Waals surface area contributed by atoms with E-state index in [1.807, 2.05) is 38.1 Å². The van der Waals surface area contributed by atoms with Gasteiger partial charge in [0.25, 0.3) is 0 Å². The number of methoxy groups -OCH3 is 2. The van der Waals surface area contributed by atoms with E-state index in [4.69, 9.17) is 28.4 Å². The molecule has 4 atom stereocenters. The van der Waals surface area contributed by atoms with E-state index in [1.165, 1.54) is 0 Å². The highest BCUT2D eigenvalue weighted by Gasteiger charge is 2.55. The van der Waals surface area contributed by atoms with Gasteiger partial charge in [-0.05, 0) is 38.1 Å². The Morgan fingerprint density at radius 1 is 1.00 bits per heavy atom. The van der Waals surface area contributed by atoms with Crippen LogP contribution in [0.2, 0.25) is 0 Å². The van der Waals surface area contributed by atoms with E-state index in [1.54, 1.807) is 14.2 Å². The molecule has 22 heavy (non-hydrogen) atoms. The molecule has 0 radical (unpaired) electrons. The van der Waals surface area contributed by atoms with Gasteiger partial charge in [0.2, 0.25) is 0 Å². The maximum absolute atomic E-state index is 5.92. The summed E-state index contributed by atoms with van der Waals surface area (Å²) in [6, 6.07) is 7.41. The Labute approximate surface area is 130 Å². The molecule has 1 unspecified atom stereocenters. The predicted molar refractivity (Wildman–Crippen MR) is 78.0 cm³/mol. The van der Waals surface area contributed by atoms with Gasteiger partial charge >= 0.3 is 0 Å². The van der Waals surface area contributed by atoms with Crippen molar-refractivity contribution in [2.24, 2.45) is 0 Å². The van der Waals surface area contributed by atoms with Crippen molar-refractivity contribution in [1.82, 2.24) is 0 Å². The minimum absolute atomic E-state index is 0.196. The van der Waals surface area contributed by atoms with Crippen LogP contribution in [-0.2, 0) is 18.9 Å². The monoisotopic (exact) mass is 310 g/mol. The fourth-order valence-electron chi connectivity index (χ4n) is 2.82. The first-order valence-corrected chi connectivity index (χ1v) is 7.33. The van der Waals surface area contributed by atoms with Crippen molar-refractivity contribution in [1.29, 1.82) is 0 Å². The van der Waals surface area contributed by atoms with Crippen LogP contribution in [0.15, 0.2) is 24.3 Å². The zero-order chi connectivity index (χ0) is 15.7. The lowest BCUT2D eigenvalue weighted by molar-refractivity contribution is -0.229. The van der Waals surface area contributed by atoms with Crippen molar-refractivity contribution in [3.63, 3.8) is 0 Å². The van der Waals surface area contributed by atoms with Gasteiger partial charge in [-0.15, -0.1) is 0 Å². The van der Waals surface area contributed by atoms with Gasteiger partial charge in [0.1, 0.15) is 36.4 Å². The molecule has 0 aromatic heterocycles. The fraction of sp³-hybridized carbons (Fsp3) is 0.625. The maximum Gasteiger partial charge on any atom is 0.186 e. The van der Waals surface area contributed by atoms with Crippen LogP contribution < -0.4 is 9.47 Å². The summed E-state index contributed by atoms with van der Waals surface area (Å²) in [5.74, 6) is 0.909. The Balaban J connectivity index is 1.62. The molecule has 0 amide bonds. The third kappa shape index (κ3) is 3.05. The van der Waals surface area contributed by atoms with Crippen LogP contribution in [-0.4, -0.2) is 51.2 Å². The second kappa shape index (κ2) is 6.04. The number of benzene rings is 1. The smallest absolute Gasteiger partial charge is 0.186 e. The molecular formula is C16H22O6. The van der Waals surface area contributed by atoms with E-state index >= 15 is 0 Å². The van der Waals surface area contributed by atoms with Crippen LogP contribution in [0.5, 0.6) is 11.5 Å². The number of fused-ring (bicyclic) bond motifs is 1. The molecule has 2 heterocycles.